The van der Waals surface area contributed by atoms with E-state index < -0.39 is 0 Å². The van der Waals surface area contributed by atoms with Gasteiger partial charge in [0.05, 0.1) is 45.1 Å². The minimum atomic E-state index is -0.108. The van der Waals surface area contributed by atoms with Crippen LogP contribution in [-0.2, 0) is 29.8 Å². The van der Waals surface area contributed by atoms with E-state index >= 15 is 0 Å². The van der Waals surface area contributed by atoms with E-state index in [2.05, 4.69) is 126 Å². The fraction of sp³-hybridized carbons (Fsp3) is 0.526. The van der Waals surface area contributed by atoms with Crippen LogP contribution < -0.4 is 10.2 Å². The molecule has 258 valence electrons. The lowest BCUT2D eigenvalue weighted by molar-refractivity contribution is -0.401. The van der Waals surface area contributed by atoms with E-state index in [1.54, 1.807) is 0 Å². The predicted molar refractivity (Wildman–Crippen MR) is 192 cm³/mol. The number of hydrogen-bond acceptors (Lipinski definition) is 6. The molecular weight excluding hydrogens is 604 g/mol. The van der Waals surface area contributed by atoms with Crippen molar-refractivity contribution in [2.24, 2.45) is 5.11 Å². The highest BCUT2D eigenvalue weighted by molar-refractivity contribution is 6.03. The maximum atomic E-state index is 12.4. The zero-order valence-corrected chi connectivity index (χ0v) is 29.4. The summed E-state index contributed by atoms with van der Waals surface area (Å²) < 4.78 is 18.5. The van der Waals surface area contributed by atoms with E-state index in [0.29, 0.717) is 59.2 Å². The lowest BCUT2D eigenvalue weighted by Gasteiger charge is -2.27. The van der Waals surface area contributed by atoms with Crippen LogP contribution in [0.4, 0.5) is 11.4 Å². The Morgan fingerprint density at radius 1 is 0.896 bits per heavy atom. The number of carbonyl (C=O) groups is 1. The Bertz CT molecular complexity index is 1520. The van der Waals surface area contributed by atoms with Crippen LogP contribution in [0.1, 0.15) is 64.5 Å². The summed E-state index contributed by atoms with van der Waals surface area (Å²) in [6, 6.07) is 17.4. The third kappa shape index (κ3) is 9.35. The molecule has 48 heavy (non-hydrogen) atoms. The second-order valence-corrected chi connectivity index (χ2v) is 13.2. The minimum Gasteiger partial charge on any atom is -0.379 e. The van der Waals surface area contributed by atoms with Gasteiger partial charge in [-0.15, -0.1) is 0 Å². The van der Waals surface area contributed by atoms with E-state index in [0.717, 1.165) is 25.8 Å². The molecule has 2 aliphatic rings. The lowest BCUT2D eigenvalue weighted by Crippen LogP contribution is -2.28. The second-order valence-electron chi connectivity index (χ2n) is 13.2. The topological polar surface area (TPSA) is 112 Å². The first-order valence-corrected chi connectivity index (χ1v) is 17.2. The molecule has 4 rings (SSSR count). The number of ether oxygens (including phenoxy) is 3. The molecule has 0 saturated carbocycles. The average Bonchev–Trinajstić information content (AvgIpc) is 3.41. The number of fused-ring (bicyclic) bond motifs is 2. The molecule has 0 aliphatic carbocycles. The Kier molecular flexibility index (Phi) is 13.8. The number of rotatable bonds is 20. The van der Waals surface area contributed by atoms with Crippen molar-refractivity contribution < 1.29 is 23.6 Å². The molecule has 10 nitrogen and oxygen atoms in total. The van der Waals surface area contributed by atoms with Crippen molar-refractivity contribution in [1.82, 2.24) is 5.32 Å². The summed E-state index contributed by atoms with van der Waals surface area (Å²) in [5.74, 6) is 0.0607. The Hall–Kier alpha value is -3.95. The van der Waals surface area contributed by atoms with Crippen molar-refractivity contribution in [2.75, 3.05) is 71.2 Å². The summed E-state index contributed by atoms with van der Waals surface area (Å²) in [5, 5.41) is 6.35. The molecule has 1 amide bonds. The molecule has 0 unspecified atom stereocenters. The quantitative estimate of drug-likeness (QED) is 0.0544. The number of hydrogen-bond donors (Lipinski definition) is 1. The number of allylic oxidation sites excluding steroid dienone is 4. The molecule has 10 heteroatoms. The normalized spacial score (nSPS) is 16.8. The van der Waals surface area contributed by atoms with Gasteiger partial charge in [0, 0.05) is 65.5 Å². The standard InChI is InChI=1S/C38H52N6O4/c1-37(2)30-14-8-10-16-32(30)43(5)34(37)18-13-19-35-38(3,4)31-15-9-11-17-33(31)44(35)23-12-6-7-20-36(45)40-21-24-46-26-28-48-29-27-47-25-22-41-42-39/h8-11,13-19H,6-7,12,20-29H2,1-5H3/p+1. The van der Waals surface area contributed by atoms with Gasteiger partial charge in [0.15, 0.2) is 5.71 Å². The fourth-order valence-corrected chi connectivity index (χ4v) is 6.69. The minimum absolute atomic E-state index is 0.0596. The summed E-state index contributed by atoms with van der Waals surface area (Å²) in [7, 11) is 2.16. The number of anilines is 1. The highest BCUT2D eigenvalue weighted by atomic mass is 16.5. The number of unbranched alkanes of at least 4 members (excludes halogenated alkanes) is 2. The third-order valence-corrected chi connectivity index (χ3v) is 9.24. The number of azide groups is 1. The van der Waals surface area contributed by atoms with Crippen LogP contribution in [0, 0.1) is 0 Å². The summed E-state index contributed by atoms with van der Waals surface area (Å²) in [6.45, 7) is 13.6. The number of nitrogens with zero attached hydrogens (tertiary/aromatic N) is 5. The van der Waals surface area contributed by atoms with Crippen molar-refractivity contribution in [3.8, 4) is 0 Å². The Morgan fingerprint density at radius 3 is 2.29 bits per heavy atom. The number of benzene rings is 2. The van der Waals surface area contributed by atoms with Gasteiger partial charge >= 0.3 is 0 Å². The molecule has 1 N–H and O–H groups in total. The van der Waals surface area contributed by atoms with Crippen LogP contribution in [0.25, 0.3) is 10.4 Å². The van der Waals surface area contributed by atoms with E-state index in [9.17, 15) is 4.79 Å². The van der Waals surface area contributed by atoms with E-state index in [1.165, 1.54) is 33.9 Å². The van der Waals surface area contributed by atoms with Gasteiger partial charge in [0.2, 0.25) is 11.6 Å². The SMILES string of the molecule is C[N+]1=C(/C=C/C=C2\N(CCCCCC(=O)NCCOCCOCCOCCN=[N+]=[N-])c3ccccc3C2(C)C)C(C)(C)c2ccccc21. The van der Waals surface area contributed by atoms with Crippen LogP contribution in [-0.4, -0.2) is 82.5 Å². The van der Waals surface area contributed by atoms with E-state index in [-0.39, 0.29) is 16.7 Å². The molecule has 0 radical (unpaired) electrons. The van der Waals surface area contributed by atoms with Crippen molar-refractivity contribution in [1.29, 1.82) is 0 Å². The average molecular weight is 658 g/mol. The van der Waals surface area contributed by atoms with Crippen LogP contribution in [0.15, 0.2) is 77.6 Å². The molecule has 0 fully saturated rings. The maximum Gasteiger partial charge on any atom is 0.220 e. The molecule has 2 aromatic rings. The maximum absolute atomic E-state index is 12.4. The van der Waals surface area contributed by atoms with Gasteiger partial charge < -0.3 is 24.4 Å². The van der Waals surface area contributed by atoms with Crippen LogP contribution in [0.2, 0.25) is 0 Å². The molecule has 0 bridgehead atoms. The highest BCUT2D eigenvalue weighted by Crippen LogP contribution is 2.47. The highest BCUT2D eigenvalue weighted by Gasteiger charge is 2.43. The van der Waals surface area contributed by atoms with Gasteiger partial charge in [-0.1, -0.05) is 67.9 Å². The monoisotopic (exact) mass is 657 g/mol. The first-order chi connectivity index (χ1) is 23.2. The van der Waals surface area contributed by atoms with Crippen molar-refractivity contribution >= 4 is 23.0 Å². The van der Waals surface area contributed by atoms with E-state index in [1.807, 2.05) is 0 Å². The van der Waals surface area contributed by atoms with Crippen molar-refractivity contribution in [3.05, 3.63) is 94.0 Å². The molecule has 0 saturated heterocycles. The van der Waals surface area contributed by atoms with Gasteiger partial charge in [0.25, 0.3) is 0 Å². The zero-order valence-electron chi connectivity index (χ0n) is 29.4. The summed E-state index contributed by atoms with van der Waals surface area (Å²) in [4.78, 5) is 17.5. The Labute approximate surface area is 286 Å². The third-order valence-electron chi connectivity index (χ3n) is 9.24. The van der Waals surface area contributed by atoms with Crippen LogP contribution in [0.3, 0.4) is 0 Å². The smallest absolute Gasteiger partial charge is 0.220 e. The summed E-state index contributed by atoms with van der Waals surface area (Å²) in [5.41, 5.74) is 15.9. The lowest BCUT2D eigenvalue weighted by atomic mass is 9.81. The first kappa shape index (κ1) is 36.9. The summed E-state index contributed by atoms with van der Waals surface area (Å²) >= 11 is 0. The van der Waals surface area contributed by atoms with Gasteiger partial charge in [-0.3, -0.25) is 4.79 Å². The molecule has 2 aliphatic heterocycles. The van der Waals surface area contributed by atoms with Crippen molar-refractivity contribution in [2.45, 2.75) is 64.2 Å². The van der Waals surface area contributed by atoms with Crippen LogP contribution >= 0.6 is 0 Å². The Morgan fingerprint density at radius 2 is 1.56 bits per heavy atom. The summed E-state index contributed by atoms with van der Waals surface area (Å²) in [6.07, 6.45) is 10.1. The van der Waals surface area contributed by atoms with Gasteiger partial charge in [-0.2, -0.15) is 4.58 Å². The molecule has 2 heterocycles. The zero-order chi connectivity index (χ0) is 34.4. The molecule has 0 aromatic heterocycles. The molecule has 2 aromatic carbocycles. The Balaban J connectivity index is 1.19. The van der Waals surface area contributed by atoms with Crippen molar-refractivity contribution in [3.63, 3.8) is 0 Å². The first-order valence-electron chi connectivity index (χ1n) is 17.2. The predicted octanol–water partition coefficient (Wildman–Crippen LogP) is 6.97. The van der Waals surface area contributed by atoms with Crippen LogP contribution in [0.5, 0.6) is 0 Å². The number of para-hydroxylation sites is 2. The largest absolute Gasteiger partial charge is 0.379 e. The van der Waals surface area contributed by atoms with Gasteiger partial charge in [-0.05, 0) is 49.9 Å². The molecule has 0 atom stereocenters. The molecule has 0 spiro atoms. The van der Waals surface area contributed by atoms with E-state index in [4.69, 9.17) is 19.7 Å². The fourth-order valence-electron chi connectivity index (χ4n) is 6.69. The van der Waals surface area contributed by atoms with Gasteiger partial charge in [0.1, 0.15) is 7.05 Å². The number of nitrogens with one attached hydrogen (secondary N) is 1. The number of carbonyl (C=O) groups excluding carboxylic acids is 1. The molecular formula is C38H53N6O4+. The number of amides is 1. The second kappa shape index (κ2) is 18.0. The van der Waals surface area contributed by atoms with Gasteiger partial charge in [-0.25, -0.2) is 0 Å².